The van der Waals surface area contributed by atoms with Crippen LogP contribution in [0.4, 0.5) is 5.00 Å². The first kappa shape index (κ1) is 22.1. The Morgan fingerprint density at radius 3 is 2.68 bits per heavy atom. The fourth-order valence-corrected chi connectivity index (χ4v) is 4.62. The number of terminal acetylenes is 1. The van der Waals surface area contributed by atoms with Gasteiger partial charge < -0.3 is 14.8 Å². The van der Waals surface area contributed by atoms with Crippen LogP contribution in [0.2, 0.25) is 0 Å². The van der Waals surface area contributed by atoms with Crippen molar-refractivity contribution >= 4 is 34.3 Å². The number of nitriles is 1. The van der Waals surface area contributed by atoms with E-state index < -0.39 is 11.9 Å². The summed E-state index contributed by atoms with van der Waals surface area (Å²) in [4.78, 5) is 26.4. The molecule has 1 aromatic heterocycles. The average Bonchev–Trinajstić information content (AvgIpc) is 3.14. The molecule has 0 bridgehead atoms. The number of carbonyl (C=O) groups excluding carboxylic acids is 2. The highest BCUT2D eigenvalue weighted by molar-refractivity contribution is 7.17. The number of esters is 1. The van der Waals surface area contributed by atoms with Crippen molar-refractivity contribution in [3.05, 3.63) is 51.4 Å². The maximum absolute atomic E-state index is 12.8. The van der Waals surface area contributed by atoms with Gasteiger partial charge in [-0.3, -0.25) is 4.79 Å². The van der Waals surface area contributed by atoms with E-state index in [2.05, 4.69) is 11.2 Å². The number of anilines is 1. The summed E-state index contributed by atoms with van der Waals surface area (Å²) < 4.78 is 10.5. The molecular formula is C24H22N2O4S. The third-order valence-electron chi connectivity index (χ3n) is 4.76. The molecule has 0 atom stereocenters. The highest BCUT2D eigenvalue weighted by atomic mass is 32.1. The Kier molecular flexibility index (Phi) is 7.48. The molecule has 31 heavy (non-hydrogen) atoms. The van der Waals surface area contributed by atoms with Crippen molar-refractivity contribution < 1.29 is 19.1 Å². The van der Waals surface area contributed by atoms with Crippen molar-refractivity contribution in [2.24, 2.45) is 0 Å². The van der Waals surface area contributed by atoms with Gasteiger partial charge in [-0.15, -0.1) is 17.8 Å². The van der Waals surface area contributed by atoms with Crippen molar-refractivity contribution in [3.8, 4) is 24.2 Å². The molecular weight excluding hydrogens is 412 g/mol. The van der Waals surface area contributed by atoms with E-state index in [4.69, 9.17) is 15.9 Å². The second kappa shape index (κ2) is 10.5. The van der Waals surface area contributed by atoms with Crippen LogP contribution in [0, 0.1) is 23.7 Å². The summed E-state index contributed by atoms with van der Waals surface area (Å²) in [5.74, 6) is 1.97. The highest BCUT2D eigenvalue weighted by Gasteiger charge is 2.27. The van der Waals surface area contributed by atoms with Crippen LogP contribution in [0.25, 0.3) is 6.08 Å². The van der Waals surface area contributed by atoms with Crippen molar-refractivity contribution in [1.29, 1.82) is 5.26 Å². The standard InChI is InChI=1S/C24H22N2O4S/c1-3-13-30-18-11-9-16(10-12-18)14-17(15-25)22(27)26-23-21(24(28)29-4-2)19-7-5-6-8-20(19)31-23/h1,9-12,14H,4-8,13H2,2H3,(H,26,27)/b17-14+. The van der Waals surface area contributed by atoms with Crippen LogP contribution in [-0.4, -0.2) is 25.1 Å². The lowest BCUT2D eigenvalue weighted by Gasteiger charge is -2.12. The summed E-state index contributed by atoms with van der Waals surface area (Å²) in [5.41, 5.74) is 1.96. The first-order chi connectivity index (χ1) is 15.1. The van der Waals surface area contributed by atoms with Gasteiger partial charge in [0.25, 0.3) is 5.91 Å². The molecule has 1 N–H and O–H groups in total. The van der Waals surface area contributed by atoms with Gasteiger partial charge in [0.05, 0.1) is 12.2 Å². The molecule has 1 aliphatic carbocycles. The molecule has 1 heterocycles. The van der Waals surface area contributed by atoms with Crippen molar-refractivity contribution in [3.63, 3.8) is 0 Å². The SMILES string of the molecule is C#CCOc1ccc(/C=C(\C#N)C(=O)Nc2sc3c(c2C(=O)OCC)CCCC3)cc1. The van der Waals surface area contributed by atoms with Crippen molar-refractivity contribution in [2.45, 2.75) is 32.6 Å². The number of ether oxygens (including phenoxy) is 2. The fraction of sp³-hybridized carbons (Fsp3) is 0.292. The molecule has 6 nitrogen and oxygen atoms in total. The Morgan fingerprint density at radius 2 is 2.00 bits per heavy atom. The summed E-state index contributed by atoms with van der Waals surface area (Å²) in [6.45, 7) is 2.16. The minimum absolute atomic E-state index is 0.0709. The van der Waals surface area contributed by atoms with E-state index in [1.165, 1.54) is 17.4 Å². The Labute approximate surface area is 185 Å². The first-order valence-electron chi connectivity index (χ1n) is 9.98. The number of benzene rings is 1. The molecule has 1 aromatic carbocycles. The third-order valence-corrected chi connectivity index (χ3v) is 5.96. The number of hydrogen-bond donors (Lipinski definition) is 1. The van der Waals surface area contributed by atoms with E-state index in [0.29, 0.717) is 21.9 Å². The van der Waals surface area contributed by atoms with E-state index in [9.17, 15) is 14.9 Å². The summed E-state index contributed by atoms with van der Waals surface area (Å²) in [6.07, 6.45) is 10.4. The predicted molar refractivity (Wildman–Crippen MR) is 120 cm³/mol. The van der Waals surface area contributed by atoms with Crippen LogP contribution >= 0.6 is 11.3 Å². The molecule has 0 spiro atoms. The Morgan fingerprint density at radius 1 is 1.26 bits per heavy atom. The molecule has 0 fully saturated rings. The topological polar surface area (TPSA) is 88.4 Å². The van der Waals surface area contributed by atoms with Crippen molar-refractivity contribution in [1.82, 2.24) is 0 Å². The van der Waals surface area contributed by atoms with E-state index in [-0.39, 0.29) is 18.8 Å². The average molecular weight is 435 g/mol. The van der Waals surface area contributed by atoms with Gasteiger partial charge in [-0.2, -0.15) is 5.26 Å². The zero-order valence-corrected chi connectivity index (χ0v) is 18.0. The van der Waals surface area contributed by atoms with Crippen LogP contribution in [-0.2, 0) is 22.4 Å². The maximum atomic E-state index is 12.8. The lowest BCUT2D eigenvalue weighted by atomic mass is 9.95. The van der Waals surface area contributed by atoms with Gasteiger partial charge in [-0.25, -0.2) is 4.79 Å². The van der Waals surface area contributed by atoms with Gasteiger partial charge in [-0.1, -0.05) is 18.1 Å². The van der Waals surface area contributed by atoms with Crippen LogP contribution < -0.4 is 10.1 Å². The second-order valence-electron chi connectivity index (χ2n) is 6.82. The number of thiophene rings is 1. The number of nitrogens with zero attached hydrogens (tertiary/aromatic N) is 1. The largest absolute Gasteiger partial charge is 0.481 e. The Balaban J connectivity index is 1.83. The molecule has 0 radical (unpaired) electrons. The van der Waals surface area contributed by atoms with E-state index in [1.807, 2.05) is 6.07 Å². The summed E-state index contributed by atoms with van der Waals surface area (Å²) in [6, 6.07) is 8.81. The number of carbonyl (C=O) groups is 2. The van der Waals surface area contributed by atoms with Crippen LogP contribution in [0.15, 0.2) is 29.8 Å². The fourth-order valence-electron chi connectivity index (χ4n) is 3.34. The number of aryl methyl sites for hydroxylation is 1. The monoisotopic (exact) mass is 434 g/mol. The van der Waals surface area contributed by atoms with Crippen molar-refractivity contribution in [2.75, 3.05) is 18.5 Å². The molecule has 1 aliphatic rings. The van der Waals surface area contributed by atoms with E-state index >= 15 is 0 Å². The van der Waals surface area contributed by atoms with Gasteiger partial charge in [0, 0.05) is 4.88 Å². The summed E-state index contributed by atoms with van der Waals surface area (Å²) >= 11 is 1.39. The van der Waals surface area contributed by atoms with Gasteiger partial charge in [0.1, 0.15) is 29.0 Å². The molecule has 0 saturated carbocycles. The molecule has 158 valence electrons. The van der Waals surface area contributed by atoms with Crippen LogP contribution in [0.5, 0.6) is 5.75 Å². The second-order valence-corrected chi connectivity index (χ2v) is 7.93. The minimum Gasteiger partial charge on any atom is -0.481 e. The summed E-state index contributed by atoms with van der Waals surface area (Å²) in [7, 11) is 0. The molecule has 0 aliphatic heterocycles. The lowest BCUT2D eigenvalue weighted by Crippen LogP contribution is -2.16. The van der Waals surface area contributed by atoms with Gasteiger partial charge >= 0.3 is 5.97 Å². The first-order valence-corrected chi connectivity index (χ1v) is 10.8. The zero-order valence-electron chi connectivity index (χ0n) is 17.2. The number of amides is 1. The number of hydrogen-bond acceptors (Lipinski definition) is 6. The van der Waals surface area contributed by atoms with Crippen LogP contribution in [0.1, 0.15) is 46.1 Å². The molecule has 0 saturated heterocycles. The number of nitrogens with one attached hydrogen (secondary N) is 1. The van der Waals surface area contributed by atoms with E-state index in [0.717, 1.165) is 36.1 Å². The normalized spacial score (nSPS) is 12.8. The molecule has 1 amide bonds. The minimum atomic E-state index is -0.570. The third kappa shape index (κ3) is 5.33. The number of fused-ring (bicyclic) bond motifs is 1. The quantitative estimate of drug-likeness (QED) is 0.303. The molecule has 0 unspecified atom stereocenters. The highest BCUT2D eigenvalue weighted by Crippen LogP contribution is 2.38. The summed E-state index contributed by atoms with van der Waals surface area (Å²) in [5, 5.41) is 12.7. The zero-order chi connectivity index (χ0) is 22.2. The van der Waals surface area contributed by atoms with Gasteiger partial charge in [0.15, 0.2) is 0 Å². The Bertz CT molecular complexity index is 1080. The van der Waals surface area contributed by atoms with Gasteiger partial charge in [0.2, 0.25) is 0 Å². The molecule has 2 aromatic rings. The predicted octanol–water partition coefficient (Wildman–Crippen LogP) is 4.36. The van der Waals surface area contributed by atoms with Crippen LogP contribution in [0.3, 0.4) is 0 Å². The lowest BCUT2D eigenvalue weighted by molar-refractivity contribution is -0.112. The smallest absolute Gasteiger partial charge is 0.341 e. The van der Waals surface area contributed by atoms with Gasteiger partial charge in [-0.05, 0) is 61.9 Å². The van der Waals surface area contributed by atoms with E-state index in [1.54, 1.807) is 31.2 Å². The Hall–Kier alpha value is -3.55. The number of rotatable bonds is 7. The maximum Gasteiger partial charge on any atom is 0.341 e. The molecule has 7 heteroatoms. The molecule has 3 rings (SSSR count).